The minimum atomic E-state index is -0.663. The molecule has 5 rings (SSSR count). The maximum absolute atomic E-state index is 12.7. The minimum Gasteiger partial charge on any atom is -0.422 e. The third-order valence-corrected chi connectivity index (χ3v) is 6.14. The van der Waals surface area contributed by atoms with Crippen LogP contribution in [0, 0.1) is 6.92 Å². The second-order valence-electron chi connectivity index (χ2n) is 7.31. The number of amides is 1. The SMILES string of the molecule is Cc1sc(-c2ccccc2)nc1-c1ccc(NC(=O)c2cc3ccccc3oc2=O)cc1. The lowest BCUT2D eigenvalue weighted by Gasteiger charge is -2.06. The molecule has 0 bridgehead atoms. The van der Waals surface area contributed by atoms with Crippen LogP contribution < -0.4 is 10.9 Å². The standard InChI is InChI=1S/C26H18N2O3S/c1-16-23(28-25(32-16)18-7-3-2-4-8-18)17-11-13-20(14-12-17)27-24(29)21-15-19-9-5-6-10-22(19)31-26(21)30/h2-15H,1H3,(H,27,29). The van der Waals surface area contributed by atoms with Gasteiger partial charge in [-0.25, -0.2) is 9.78 Å². The van der Waals surface area contributed by atoms with Crippen molar-refractivity contribution in [1.29, 1.82) is 0 Å². The highest BCUT2D eigenvalue weighted by molar-refractivity contribution is 7.15. The molecular formula is C26H18N2O3S. The predicted molar refractivity (Wildman–Crippen MR) is 128 cm³/mol. The molecule has 156 valence electrons. The fourth-order valence-corrected chi connectivity index (χ4v) is 4.44. The van der Waals surface area contributed by atoms with Crippen LogP contribution in [0.5, 0.6) is 0 Å². The summed E-state index contributed by atoms with van der Waals surface area (Å²) in [6.45, 7) is 2.05. The van der Waals surface area contributed by atoms with Crippen LogP contribution in [0.1, 0.15) is 15.2 Å². The van der Waals surface area contributed by atoms with E-state index in [1.807, 2.05) is 55.5 Å². The number of anilines is 1. The summed E-state index contributed by atoms with van der Waals surface area (Å²) >= 11 is 1.65. The molecule has 0 aliphatic rings. The van der Waals surface area contributed by atoms with Gasteiger partial charge in [-0.3, -0.25) is 4.79 Å². The molecule has 0 fully saturated rings. The number of aryl methyl sites for hydroxylation is 1. The average Bonchev–Trinajstić information content (AvgIpc) is 3.21. The lowest BCUT2D eigenvalue weighted by molar-refractivity contribution is 0.102. The van der Waals surface area contributed by atoms with Gasteiger partial charge in [0.15, 0.2) is 0 Å². The molecule has 0 spiro atoms. The van der Waals surface area contributed by atoms with Crippen molar-refractivity contribution in [2.24, 2.45) is 0 Å². The van der Waals surface area contributed by atoms with Crippen molar-refractivity contribution in [3.8, 4) is 21.8 Å². The number of benzene rings is 3. The molecule has 32 heavy (non-hydrogen) atoms. The molecule has 2 heterocycles. The summed E-state index contributed by atoms with van der Waals surface area (Å²) < 4.78 is 5.26. The van der Waals surface area contributed by atoms with Crippen molar-refractivity contribution < 1.29 is 9.21 Å². The Balaban J connectivity index is 1.38. The van der Waals surface area contributed by atoms with E-state index in [-0.39, 0.29) is 5.56 Å². The van der Waals surface area contributed by atoms with E-state index in [9.17, 15) is 9.59 Å². The van der Waals surface area contributed by atoms with Crippen LogP contribution in [-0.4, -0.2) is 10.9 Å². The lowest BCUT2D eigenvalue weighted by atomic mass is 10.1. The van der Waals surface area contributed by atoms with Gasteiger partial charge in [-0.2, -0.15) is 0 Å². The van der Waals surface area contributed by atoms with Crippen molar-refractivity contribution in [2.45, 2.75) is 6.92 Å². The number of hydrogen-bond acceptors (Lipinski definition) is 5. The molecule has 0 radical (unpaired) electrons. The molecular weight excluding hydrogens is 420 g/mol. The van der Waals surface area contributed by atoms with E-state index in [4.69, 9.17) is 9.40 Å². The zero-order valence-corrected chi connectivity index (χ0v) is 18.0. The number of rotatable bonds is 4. The molecule has 0 saturated heterocycles. The maximum Gasteiger partial charge on any atom is 0.349 e. The number of nitrogens with one attached hydrogen (secondary N) is 1. The predicted octanol–water partition coefficient (Wildman–Crippen LogP) is 6.14. The molecule has 5 aromatic rings. The first-order chi connectivity index (χ1) is 15.6. The van der Waals surface area contributed by atoms with Crippen molar-refractivity contribution in [2.75, 3.05) is 5.32 Å². The molecule has 0 saturated carbocycles. The quantitative estimate of drug-likeness (QED) is 0.342. The number of hydrogen-bond donors (Lipinski definition) is 1. The lowest BCUT2D eigenvalue weighted by Crippen LogP contribution is -2.20. The van der Waals surface area contributed by atoms with E-state index in [1.54, 1.807) is 47.7 Å². The summed E-state index contributed by atoms with van der Waals surface area (Å²) in [5, 5.41) is 4.44. The van der Waals surface area contributed by atoms with Crippen molar-refractivity contribution in [3.63, 3.8) is 0 Å². The van der Waals surface area contributed by atoms with Gasteiger partial charge in [0.1, 0.15) is 16.2 Å². The summed E-state index contributed by atoms with van der Waals surface area (Å²) in [5.41, 5.74) is 3.31. The summed E-state index contributed by atoms with van der Waals surface area (Å²) in [6, 6.07) is 26.1. The topological polar surface area (TPSA) is 72.2 Å². The highest BCUT2D eigenvalue weighted by Crippen LogP contribution is 2.33. The van der Waals surface area contributed by atoms with E-state index in [2.05, 4.69) is 5.32 Å². The third-order valence-electron chi connectivity index (χ3n) is 5.12. The van der Waals surface area contributed by atoms with Crippen molar-refractivity contribution in [1.82, 2.24) is 4.98 Å². The second-order valence-corrected chi connectivity index (χ2v) is 8.51. The van der Waals surface area contributed by atoms with Crippen molar-refractivity contribution in [3.05, 3.63) is 106 Å². The summed E-state index contributed by atoms with van der Waals surface area (Å²) in [5.74, 6) is -0.506. The Morgan fingerprint density at radius 1 is 0.906 bits per heavy atom. The molecule has 0 atom stereocenters. The molecule has 0 unspecified atom stereocenters. The largest absolute Gasteiger partial charge is 0.422 e. The number of nitrogens with zero attached hydrogens (tertiary/aromatic N) is 1. The van der Waals surface area contributed by atoms with Gasteiger partial charge in [0.05, 0.1) is 5.69 Å². The summed E-state index contributed by atoms with van der Waals surface area (Å²) in [7, 11) is 0. The van der Waals surface area contributed by atoms with Gasteiger partial charge in [0.2, 0.25) is 0 Å². The number of para-hydroxylation sites is 1. The Bertz CT molecular complexity index is 1490. The Hall–Kier alpha value is -4.03. The first-order valence-corrected chi connectivity index (χ1v) is 10.9. The van der Waals surface area contributed by atoms with E-state index in [0.717, 1.165) is 26.7 Å². The van der Waals surface area contributed by atoms with Crippen LogP contribution in [0.4, 0.5) is 5.69 Å². The van der Waals surface area contributed by atoms with Gasteiger partial charge in [0.25, 0.3) is 5.91 Å². The first-order valence-electron chi connectivity index (χ1n) is 10.1. The van der Waals surface area contributed by atoms with Gasteiger partial charge in [-0.05, 0) is 31.2 Å². The average molecular weight is 439 g/mol. The Morgan fingerprint density at radius 2 is 1.62 bits per heavy atom. The highest BCUT2D eigenvalue weighted by atomic mass is 32.1. The molecule has 2 aromatic heterocycles. The van der Waals surface area contributed by atoms with Gasteiger partial charge in [-0.1, -0.05) is 60.7 Å². The molecule has 0 aliphatic heterocycles. The number of carbonyl (C=O) groups is 1. The number of carbonyl (C=O) groups excluding carboxylic acids is 1. The molecule has 6 heteroatoms. The number of thiazole rings is 1. The van der Waals surface area contributed by atoms with Gasteiger partial charge >= 0.3 is 5.63 Å². The fraction of sp³-hybridized carbons (Fsp3) is 0.0385. The highest BCUT2D eigenvalue weighted by Gasteiger charge is 2.15. The Morgan fingerprint density at radius 3 is 2.41 bits per heavy atom. The van der Waals surface area contributed by atoms with Crippen LogP contribution in [-0.2, 0) is 0 Å². The molecule has 1 amide bonds. The smallest absolute Gasteiger partial charge is 0.349 e. The minimum absolute atomic E-state index is 0.0318. The monoisotopic (exact) mass is 438 g/mol. The van der Waals surface area contributed by atoms with Crippen LogP contribution in [0.25, 0.3) is 32.8 Å². The van der Waals surface area contributed by atoms with Crippen LogP contribution in [0.15, 0.2) is 94.1 Å². The maximum atomic E-state index is 12.7. The molecule has 0 aliphatic carbocycles. The summed E-state index contributed by atoms with van der Waals surface area (Å²) in [6.07, 6.45) is 0. The van der Waals surface area contributed by atoms with Crippen LogP contribution in [0.2, 0.25) is 0 Å². The third kappa shape index (κ3) is 3.84. The van der Waals surface area contributed by atoms with E-state index in [0.29, 0.717) is 16.7 Å². The number of aromatic nitrogens is 1. The zero-order chi connectivity index (χ0) is 22.1. The first kappa shape index (κ1) is 19.9. The Kier molecular flexibility index (Phi) is 5.13. The van der Waals surface area contributed by atoms with Crippen LogP contribution in [0.3, 0.4) is 0 Å². The van der Waals surface area contributed by atoms with E-state index >= 15 is 0 Å². The second kappa shape index (κ2) is 8.24. The van der Waals surface area contributed by atoms with E-state index in [1.165, 1.54) is 0 Å². The summed E-state index contributed by atoms with van der Waals surface area (Å²) in [4.78, 5) is 30.8. The van der Waals surface area contributed by atoms with Crippen LogP contribution >= 0.6 is 11.3 Å². The van der Waals surface area contributed by atoms with Gasteiger partial charge < -0.3 is 9.73 Å². The van der Waals surface area contributed by atoms with Crippen molar-refractivity contribution >= 4 is 33.9 Å². The normalized spacial score (nSPS) is 10.9. The zero-order valence-electron chi connectivity index (χ0n) is 17.2. The molecule has 3 aromatic carbocycles. The Labute approximate surface area is 188 Å². The number of fused-ring (bicyclic) bond motifs is 1. The molecule has 5 nitrogen and oxygen atoms in total. The van der Waals surface area contributed by atoms with Gasteiger partial charge in [-0.15, -0.1) is 11.3 Å². The van der Waals surface area contributed by atoms with Gasteiger partial charge in [0, 0.05) is 27.1 Å². The fourth-order valence-electron chi connectivity index (χ4n) is 3.50. The molecule has 1 N–H and O–H groups in total. The van der Waals surface area contributed by atoms with E-state index < -0.39 is 11.5 Å².